The van der Waals surface area contributed by atoms with Crippen molar-refractivity contribution in [1.82, 2.24) is 0 Å². The van der Waals surface area contributed by atoms with Crippen molar-refractivity contribution in [2.75, 3.05) is 0 Å². The van der Waals surface area contributed by atoms with E-state index in [1.807, 2.05) is 0 Å². The van der Waals surface area contributed by atoms with Gasteiger partial charge in [0.1, 0.15) is 0 Å². The molecule has 0 saturated heterocycles. The Hall–Kier alpha value is 1.04. The van der Waals surface area contributed by atoms with Crippen LogP contribution < -0.4 is 8.44 Å². The molecule has 7 heavy (non-hydrogen) atoms. The SMILES string of the molecule is [Co+2].[O]=[Co][O-].[O]=[Co][O-]. The van der Waals surface area contributed by atoms with E-state index in [4.69, 9.17) is 16.2 Å². The van der Waals surface area contributed by atoms with Gasteiger partial charge >= 0.3 is 62.9 Å². The topological polar surface area (TPSA) is 80.3 Å². The predicted octanol–water partition coefficient (Wildman–Crippen LogP) is -2.62. The van der Waals surface area contributed by atoms with E-state index in [1.54, 1.807) is 0 Å². The van der Waals surface area contributed by atoms with Crippen molar-refractivity contribution in [1.29, 1.82) is 0 Å². The Kier molecular flexibility index (Phi) is 62.3. The van der Waals surface area contributed by atoms with E-state index in [2.05, 4.69) is 0 Å². The van der Waals surface area contributed by atoms with E-state index >= 15 is 0 Å². The number of hydrogen-bond donors (Lipinski definition) is 0. The van der Waals surface area contributed by atoms with Crippen LogP contribution in [0.5, 0.6) is 0 Å². The van der Waals surface area contributed by atoms with Gasteiger partial charge in [0.15, 0.2) is 0 Å². The van der Waals surface area contributed by atoms with Gasteiger partial charge in [0.05, 0.1) is 0 Å². The molecule has 0 fully saturated rings. The fourth-order valence-electron chi connectivity index (χ4n) is 0. The third-order valence-electron chi connectivity index (χ3n) is 0. The Labute approximate surface area is 62.9 Å². The summed E-state index contributed by atoms with van der Waals surface area (Å²) < 4.78 is 33.4. The second kappa shape index (κ2) is 27.8. The molecule has 0 spiro atoms. The van der Waals surface area contributed by atoms with Crippen LogP contribution in [-0.4, -0.2) is 0 Å². The van der Waals surface area contributed by atoms with Crippen LogP contribution >= 0.6 is 0 Å². The van der Waals surface area contributed by atoms with E-state index in [-0.39, 0.29) is 16.8 Å². The summed E-state index contributed by atoms with van der Waals surface area (Å²) >= 11 is -2.12. The van der Waals surface area contributed by atoms with Crippen LogP contribution in [0.4, 0.5) is 0 Å². The Bertz CT molecular complexity index is 27.9. The van der Waals surface area contributed by atoms with Crippen molar-refractivity contribution in [3.05, 3.63) is 0 Å². The minimum atomic E-state index is -1.06. The van der Waals surface area contributed by atoms with Gasteiger partial charge in [-0.15, -0.1) is 0 Å². The maximum atomic E-state index is 8.34. The molecule has 0 atom stereocenters. The molecule has 7 heteroatoms. The molecule has 0 aliphatic rings. The van der Waals surface area contributed by atoms with Gasteiger partial charge in [0, 0.05) is 0 Å². The molecule has 0 saturated carbocycles. The van der Waals surface area contributed by atoms with Crippen LogP contribution in [0.1, 0.15) is 0 Å². The molecule has 0 bridgehead atoms. The molecule has 0 aromatic heterocycles. The molecule has 0 aromatic rings. The Morgan fingerprint density at radius 2 is 1.00 bits per heavy atom. The molecule has 0 amide bonds. The van der Waals surface area contributed by atoms with Gasteiger partial charge in [-0.25, -0.2) is 0 Å². The van der Waals surface area contributed by atoms with Gasteiger partial charge in [0.25, 0.3) is 0 Å². The average Bonchev–Trinajstić information content (AvgIpc) is 1.39. The molecule has 4 nitrogen and oxygen atoms in total. The first-order chi connectivity index (χ1) is 2.83. The van der Waals surface area contributed by atoms with Crippen molar-refractivity contribution < 1.29 is 62.9 Å². The zero-order valence-electron chi connectivity index (χ0n) is 2.63. The quantitative estimate of drug-likeness (QED) is 0.464. The summed E-state index contributed by atoms with van der Waals surface area (Å²) in [5.41, 5.74) is 0. The standard InChI is InChI=1S/3Co.4O/q;;+2;;;2*-1. The van der Waals surface area contributed by atoms with Crippen molar-refractivity contribution in [3.63, 3.8) is 0 Å². The van der Waals surface area contributed by atoms with Crippen LogP contribution in [0.15, 0.2) is 0 Å². The van der Waals surface area contributed by atoms with Crippen molar-refractivity contribution in [2.24, 2.45) is 0 Å². The molecule has 0 rings (SSSR count). The van der Waals surface area contributed by atoms with Gasteiger partial charge < -0.3 is 0 Å². The first-order valence-corrected chi connectivity index (χ1v) is 2.24. The van der Waals surface area contributed by atoms with Crippen LogP contribution in [0.2, 0.25) is 0 Å². The van der Waals surface area contributed by atoms with E-state index in [1.165, 1.54) is 0 Å². The summed E-state index contributed by atoms with van der Waals surface area (Å²) in [5.74, 6) is 0. The molecule has 0 heterocycles. The van der Waals surface area contributed by atoms with E-state index in [0.717, 1.165) is 0 Å². The van der Waals surface area contributed by atoms with Gasteiger partial charge in [0.2, 0.25) is 0 Å². The average molecular weight is 241 g/mol. The molecule has 51 valence electrons. The summed E-state index contributed by atoms with van der Waals surface area (Å²) in [7, 11) is 0. The molecule has 0 unspecified atom stereocenters. The van der Waals surface area contributed by atoms with Gasteiger partial charge in [-0.2, -0.15) is 0 Å². The van der Waals surface area contributed by atoms with Crippen molar-refractivity contribution in [2.45, 2.75) is 0 Å². The zero-order valence-corrected chi connectivity index (χ0v) is 5.76. The fraction of sp³-hybridized carbons (Fsp3) is 0. The third kappa shape index (κ3) is 165. The molecular weight excluding hydrogens is 241 g/mol. The predicted molar refractivity (Wildman–Crippen MR) is 1.37 cm³/mol. The molecular formula is Co3O4. The first kappa shape index (κ1) is 15.7. The molecule has 0 aromatic carbocycles. The Morgan fingerprint density at radius 1 is 1.00 bits per heavy atom. The van der Waals surface area contributed by atoms with Gasteiger partial charge in [-0.1, -0.05) is 0 Å². The van der Waals surface area contributed by atoms with Gasteiger partial charge in [-0.3, -0.25) is 0 Å². The molecule has 1 radical (unpaired) electrons. The first-order valence-electron chi connectivity index (χ1n) is 0.544. The van der Waals surface area contributed by atoms with E-state index < -0.39 is 29.9 Å². The minimum absolute atomic E-state index is 0. The maximum absolute atomic E-state index is 8.34. The second-order valence-corrected chi connectivity index (χ2v) is 0.458. The van der Waals surface area contributed by atoms with Crippen molar-refractivity contribution >= 4 is 0 Å². The van der Waals surface area contributed by atoms with Crippen LogP contribution in [-0.2, 0) is 54.4 Å². The van der Waals surface area contributed by atoms with Crippen LogP contribution in [0, 0.1) is 0 Å². The Morgan fingerprint density at radius 3 is 1.00 bits per heavy atom. The second-order valence-electron chi connectivity index (χ2n) is 0.111. The van der Waals surface area contributed by atoms with E-state index in [9.17, 15) is 0 Å². The summed E-state index contributed by atoms with van der Waals surface area (Å²) in [5, 5.41) is 0. The normalized spacial score (nSPS) is 6.00. The summed E-state index contributed by atoms with van der Waals surface area (Å²) in [6, 6.07) is 0. The van der Waals surface area contributed by atoms with E-state index in [0.29, 0.717) is 0 Å². The summed E-state index contributed by atoms with van der Waals surface area (Å²) in [4.78, 5) is 0. The van der Waals surface area contributed by atoms with Gasteiger partial charge in [-0.05, 0) is 0 Å². The van der Waals surface area contributed by atoms with Crippen molar-refractivity contribution in [3.8, 4) is 0 Å². The summed E-state index contributed by atoms with van der Waals surface area (Å²) in [6.07, 6.45) is 0. The van der Waals surface area contributed by atoms with Crippen LogP contribution in [0.3, 0.4) is 0 Å². The number of rotatable bonds is 0. The fourth-order valence-corrected chi connectivity index (χ4v) is 0. The zero-order chi connectivity index (χ0) is 5.41. The molecule has 0 aliphatic heterocycles. The van der Waals surface area contributed by atoms with Crippen LogP contribution in [0.25, 0.3) is 0 Å². The molecule has 0 N–H and O–H groups in total. The number of hydrogen-bond acceptors (Lipinski definition) is 4. The Balaban J connectivity index is -0.0000000400. The monoisotopic (exact) mass is 241 g/mol. The molecule has 0 aliphatic carbocycles. The summed E-state index contributed by atoms with van der Waals surface area (Å²) in [6.45, 7) is 0. The third-order valence-corrected chi connectivity index (χ3v) is 0.